The Morgan fingerprint density at radius 2 is 2.08 bits per heavy atom. The molecule has 0 spiro atoms. The number of rotatable bonds is 8. The van der Waals surface area contributed by atoms with Crippen molar-refractivity contribution in [3.8, 4) is 0 Å². The van der Waals surface area contributed by atoms with E-state index < -0.39 is 0 Å². The quantitative estimate of drug-likeness (QED) is 0.625. The second kappa shape index (κ2) is 8.66. The summed E-state index contributed by atoms with van der Waals surface area (Å²) < 4.78 is 5.84. The monoisotopic (exact) mass is 396 g/mol. The molecule has 1 saturated heterocycles. The van der Waals surface area contributed by atoms with Gasteiger partial charge in [-0.15, -0.1) is 23.1 Å². The molecule has 0 saturated carbocycles. The van der Waals surface area contributed by atoms with Crippen LogP contribution in [0.5, 0.6) is 0 Å². The van der Waals surface area contributed by atoms with Gasteiger partial charge in [-0.05, 0) is 45.3 Å². The molecular formula is C18H24N2O2S3. The molecule has 1 fully saturated rings. The average Bonchev–Trinajstić information content (AvgIpc) is 3.25. The number of thiophene rings is 1. The molecule has 0 aliphatic carbocycles. The third kappa shape index (κ3) is 5.06. The van der Waals surface area contributed by atoms with Crippen molar-refractivity contribution < 1.29 is 9.21 Å². The van der Waals surface area contributed by atoms with E-state index in [0.29, 0.717) is 5.75 Å². The standard InChI is InChI=1S/C18H24N2O2S3/c1-13-4-7-16(25-13)18-20(17(21)12-24-18)8-9-23-11-15-6-5-14(22-15)10-19(2)3/h4-7,18H,8-12H2,1-3H3. The zero-order chi connectivity index (χ0) is 17.8. The zero-order valence-corrected chi connectivity index (χ0v) is 17.3. The molecule has 0 bridgehead atoms. The number of aryl methyl sites for hydroxylation is 1. The summed E-state index contributed by atoms with van der Waals surface area (Å²) in [4.78, 5) is 18.9. The maximum Gasteiger partial charge on any atom is 0.233 e. The van der Waals surface area contributed by atoms with Gasteiger partial charge in [0.1, 0.15) is 16.9 Å². The van der Waals surface area contributed by atoms with Gasteiger partial charge in [-0.25, -0.2) is 0 Å². The topological polar surface area (TPSA) is 36.7 Å². The molecule has 1 amide bonds. The highest BCUT2D eigenvalue weighted by Crippen LogP contribution is 2.41. The first kappa shape index (κ1) is 18.9. The van der Waals surface area contributed by atoms with Crippen molar-refractivity contribution in [1.29, 1.82) is 0 Å². The molecule has 1 atom stereocenters. The van der Waals surface area contributed by atoms with Crippen LogP contribution >= 0.6 is 34.9 Å². The van der Waals surface area contributed by atoms with Gasteiger partial charge in [0.15, 0.2) is 0 Å². The lowest BCUT2D eigenvalue weighted by Crippen LogP contribution is -2.30. The number of furan rings is 1. The first-order chi connectivity index (χ1) is 12.0. The highest BCUT2D eigenvalue weighted by Gasteiger charge is 2.33. The van der Waals surface area contributed by atoms with Gasteiger partial charge >= 0.3 is 0 Å². The van der Waals surface area contributed by atoms with Gasteiger partial charge in [0.05, 0.1) is 18.1 Å². The zero-order valence-electron chi connectivity index (χ0n) is 14.9. The van der Waals surface area contributed by atoms with Crippen LogP contribution in [0.3, 0.4) is 0 Å². The Labute approximate surface area is 161 Å². The van der Waals surface area contributed by atoms with Crippen LogP contribution in [-0.2, 0) is 17.1 Å². The molecule has 2 aromatic rings. The molecule has 1 aliphatic heterocycles. The van der Waals surface area contributed by atoms with E-state index in [4.69, 9.17) is 4.42 Å². The van der Waals surface area contributed by atoms with E-state index in [2.05, 4.69) is 30.0 Å². The Hall–Kier alpha value is -0.890. The Morgan fingerprint density at radius 1 is 1.28 bits per heavy atom. The lowest BCUT2D eigenvalue weighted by molar-refractivity contribution is -0.127. The number of nitrogens with zero attached hydrogens (tertiary/aromatic N) is 2. The normalized spacial score (nSPS) is 17.8. The van der Waals surface area contributed by atoms with Crippen molar-refractivity contribution in [3.63, 3.8) is 0 Å². The van der Waals surface area contributed by atoms with Crippen LogP contribution in [0, 0.1) is 6.92 Å². The predicted octanol–water partition coefficient (Wildman–Crippen LogP) is 4.22. The summed E-state index contributed by atoms with van der Waals surface area (Å²) >= 11 is 5.36. The number of hydrogen-bond acceptors (Lipinski definition) is 6. The fourth-order valence-corrected chi connectivity index (χ4v) is 5.91. The van der Waals surface area contributed by atoms with Gasteiger partial charge < -0.3 is 14.2 Å². The third-order valence-electron chi connectivity index (χ3n) is 3.88. The Kier molecular flexibility index (Phi) is 6.55. The molecule has 0 N–H and O–H groups in total. The second-order valence-electron chi connectivity index (χ2n) is 6.36. The van der Waals surface area contributed by atoms with E-state index in [1.165, 1.54) is 9.75 Å². The van der Waals surface area contributed by atoms with Gasteiger partial charge in [-0.1, -0.05) is 0 Å². The fraction of sp³-hybridized carbons (Fsp3) is 0.500. The summed E-state index contributed by atoms with van der Waals surface area (Å²) in [7, 11) is 4.07. The Balaban J connectivity index is 1.47. The van der Waals surface area contributed by atoms with Crippen LogP contribution < -0.4 is 0 Å². The first-order valence-corrected chi connectivity index (χ1v) is 11.3. The summed E-state index contributed by atoms with van der Waals surface area (Å²) in [5.74, 6) is 4.64. The molecule has 3 rings (SSSR count). The van der Waals surface area contributed by atoms with Crippen molar-refractivity contribution in [2.24, 2.45) is 0 Å². The fourth-order valence-electron chi connectivity index (χ4n) is 2.75. The Bertz CT molecular complexity index is 711. The van der Waals surface area contributed by atoms with Gasteiger partial charge in [-0.2, -0.15) is 11.8 Å². The largest absolute Gasteiger partial charge is 0.464 e. The lowest BCUT2D eigenvalue weighted by atomic mass is 10.4. The third-order valence-corrected chi connectivity index (χ3v) is 7.28. The molecule has 4 nitrogen and oxygen atoms in total. The van der Waals surface area contributed by atoms with Crippen LogP contribution in [0.15, 0.2) is 28.7 Å². The van der Waals surface area contributed by atoms with Crippen molar-refractivity contribution in [2.45, 2.75) is 24.6 Å². The number of thioether (sulfide) groups is 2. The molecule has 1 aliphatic rings. The molecule has 0 radical (unpaired) electrons. The van der Waals surface area contributed by atoms with Gasteiger partial charge in [-0.3, -0.25) is 4.79 Å². The number of carbonyl (C=O) groups is 1. The van der Waals surface area contributed by atoms with E-state index in [-0.39, 0.29) is 11.3 Å². The lowest BCUT2D eigenvalue weighted by Gasteiger charge is -2.22. The molecule has 2 aromatic heterocycles. The molecule has 7 heteroatoms. The summed E-state index contributed by atoms with van der Waals surface area (Å²) in [6, 6.07) is 8.40. The number of amides is 1. The smallest absolute Gasteiger partial charge is 0.233 e. The summed E-state index contributed by atoms with van der Waals surface area (Å²) in [5.41, 5.74) is 0. The minimum Gasteiger partial charge on any atom is -0.464 e. The van der Waals surface area contributed by atoms with E-state index in [0.717, 1.165) is 36.1 Å². The molecule has 136 valence electrons. The van der Waals surface area contributed by atoms with Crippen LogP contribution in [0.1, 0.15) is 26.6 Å². The highest BCUT2D eigenvalue weighted by atomic mass is 32.2. The van der Waals surface area contributed by atoms with Crippen LogP contribution in [0.2, 0.25) is 0 Å². The summed E-state index contributed by atoms with van der Waals surface area (Å²) in [6.07, 6.45) is 0. The summed E-state index contributed by atoms with van der Waals surface area (Å²) in [5, 5.41) is 0.196. The van der Waals surface area contributed by atoms with E-state index >= 15 is 0 Å². The molecule has 1 unspecified atom stereocenters. The minimum atomic E-state index is 0.196. The van der Waals surface area contributed by atoms with Crippen LogP contribution in [0.25, 0.3) is 0 Å². The first-order valence-electron chi connectivity index (χ1n) is 8.30. The maximum atomic E-state index is 12.2. The summed E-state index contributed by atoms with van der Waals surface area (Å²) in [6.45, 7) is 3.74. The average molecular weight is 397 g/mol. The highest BCUT2D eigenvalue weighted by molar-refractivity contribution is 8.00. The van der Waals surface area contributed by atoms with Gasteiger partial charge in [0.25, 0.3) is 0 Å². The van der Waals surface area contributed by atoms with Crippen LogP contribution in [-0.4, -0.2) is 47.9 Å². The van der Waals surface area contributed by atoms with Crippen LogP contribution in [0.4, 0.5) is 0 Å². The molecule has 25 heavy (non-hydrogen) atoms. The second-order valence-corrected chi connectivity index (χ2v) is 9.85. The van der Waals surface area contributed by atoms with Crippen molar-refractivity contribution >= 4 is 40.8 Å². The van der Waals surface area contributed by atoms with Crippen molar-refractivity contribution in [3.05, 3.63) is 45.5 Å². The number of hydrogen-bond donors (Lipinski definition) is 0. The molecule has 0 aromatic carbocycles. The Morgan fingerprint density at radius 3 is 2.80 bits per heavy atom. The predicted molar refractivity (Wildman–Crippen MR) is 108 cm³/mol. The van der Waals surface area contributed by atoms with E-state index in [9.17, 15) is 4.79 Å². The van der Waals surface area contributed by atoms with Crippen molar-refractivity contribution in [1.82, 2.24) is 9.80 Å². The SMILES string of the molecule is Cc1ccc(C2SCC(=O)N2CCSCc2ccc(CN(C)C)o2)s1. The minimum absolute atomic E-state index is 0.196. The van der Waals surface area contributed by atoms with E-state index in [1.54, 1.807) is 23.1 Å². The molecular weight excluding hydrogens is 372 g/mol. The van der Waals surface area contributed by atoms with Gasteiger partial charge in [0.2, 0.25) is 5.91 Å². The molecule has 3 heterocycles. The maximum absolute atomic E-state index is 12.2. The van der Waals surface area contributed by atoms with E-state index in [1.807, 2.05) is 36.8 Å². The number of carbonyl (C=O) groups excluding carboxylic acids is 1. The van der Waals surface area contributed by atoms with Crippen molar-refractivity contribution in [2.75, 3.05) is 32.1 Å². The van der Waals surface area contributed by atoms with Gasteiger partial charge in [0, 0.05) is 22.1 Å².